The second-order valence-corrected chi connectivity index (χ2v) is 6.33. The summed E-state index contributed by atoms with van der Waals surface area (Å²) in [5, 5.41) is 6.90. The van der Waals surface area contributed by atoms with Gasteiger partial charge in [0.05, 0.1) is 6.54 Å². The molecule has 0 aliphatic heterocycles. The Morgan fingerprint density at radius 1 is 1.13 bits per heavy atom. The van der Waals surface area contributed by atoms with E-state index >= 15 is 0 Å². The standard InChI is InChI=1S/C17H15Br2N3O/c18-14-8-9-16(15(19)11-14)20-12-17(23)22-21-10-4-7-13-5-2-1-3-6-13/h1-11,20H,12H2,(H,22,23)/b7-4-,21-10-. The number of hydrogen-bond acceptors (Lipinski definition) is 3. The zero-order chi connectivity index (χ0) is 16.5. The van der Waals surface area contributed by atoms with Gasteiger partial charge >= 0.3 is 0 Å². The fourth-order valence-electron chi connectivity index (χ4n) is 1.72. The summed E-state index contributed by atoms with van der Waals surface area (Å²) in [5.41, 5.74) is 4.38. The lowest BCUT2D eigenvalue weighted by atomic mass is 10.2. The van der Waals surface area contributed by atoms with Crippen LogP contribution in [0.5, 0.6) is 0 Å². The number of benzene rings is 2. The first-order chi connectivity index (χ1) is 11.1. The maximum absolute atomic E-state index is 11.7. The van der Waals surface area contributed by atoms with Crippen LogP contribution in [0.1, 0.15) is 5.56 Å². The van der Waals surface area contributed by atoms with Gasteiger partial charge in [-0.15, -0.1) is 0 Å². The van der Waals surface area contributed by atoms with Gasteiger partial charge < -0.3 is 5.32 Å². The largest absolute Gasteiger partial charge is 0.375 e. The quantitative estimate of drug-likeness (QED) is 0.519. The van der Waals surface area contributed by atoms with Gasteiger partial charge in [-0.2, -0.15) is 5.10 Å². The Balaban J connectivity index is 1.74. The van der Waals surface area contributed by atoms with E-state index in [2.05, 4.69) is 47.7 Å². The van der Waals surface area contributed by atoms with Gasteiger partial charge in [0.25, 0.3) is 5.91 Å². The van der Waals surface area contributed by atoms with Gasteiger partial charge in [0.2, 0.25) is 0 Å². The highest BCUT2D eigenvalue weighted by molar-refractivity contribution is 9.11. The van der Waals surface area contributed by atoms with Crippen LogP contribution >= 0.6 is 31.9 Å². The van der Waals surface area contributed by atoms with Gasteiger partial charge in [-0.05, 0) is 45.8 Å². The molecule has 118 valence electrons. The molecule has 0 fully saturated rings. The van der Waals surface area contributed by atoms with Crippen LogP contribution in [-0.2, 0) is 4.79 Å². The molecular weight excluding hydrogens is 422 g/mol. The third-order valence-electron chi connectivity index (χ3n) is 2.81. The molecule has 1 amide bonds. The van der Waals surface area contributed by atoms with Crippen LogP contribution in [0.3, 0.4) is 0 Å². The minimum Gasteiger partial charge on any atom is -0.375 e. The van der Waals surface area contributed by atoms with Crippen molar-refractivity contribution < 1.29 is 4.79 Å². The van der Waals surface area contributed by atoms with E-state index in [1.807, 2.05) is 54.6 Å². The molecule has 0 saturated carbocycles. The fourth-order valence-corrected chi connectivity index (χ4v) is 2.91. The van der Waals surface area contributed by atoms with E-state index in [1.54, 1.807) is 12.3 Å². The summed E-state index contributed by atoms with van der Waals surface area (Å²) >= 11 is 6.81. The van der Waals surface area contributed by atoms with Crippen LogP contribution in [0.25, 0.3) is 6.08 Å². The summed E-state index contributed by atoms with van der Waals surface area (Å²) in [6, 6.07) is 15.6. The van der Waals surface area contributed by atoms with Crippen LogP contribution in [0.4, 0.5) is 5.69 Å². The molecule has 0 aliphatic rings. The summed E-state index contributed by atoms with van der Waals surface area (Å²) in [7, 11) is 0. The average Bonchev–Trinajstić information content (AvgIpc) is 2.54. The first-order valence-electron chi connectivity index (χ1n) is 6.88. The number of allylic oxidation sites excluding steroid dienone is 1. The van der Waals surface area contributed by atoms with E-state index < -0.39 is 0 Å². The second kappa shape index (κ2) is 9.27. The van der Waals surface area contributed by atoms with Crippen LogP contribution in [0, 0.1) is 0 Å². The predicted octanol–water partition coefficient (Wildman–Crippen LogP) is 4.44. The number of halogens is 2. The SMILES string of the molecule is O=C(CNc1ccc(Br)cc1Br)N/N=C\C=C/c1ccccc1. The number of nitrogens with one attached hydrogen (secondary N) is 2. The monoisotopic (exact) mass is 435 g/mol. The van der Waals surface area contributed by atoms with Gasteiger partial charge in [0, 0.05) is 20.8 Å². The average molecular weight is 437 g/mol. The van der Waals surface area contributed by atoms with Gasteiger partial charge in [-0.1, -0.05) is 52.3 Å². The van der Waals surface area contributed by atoms with Crippen LogP contribution < -0.4 is 10.7 Å². The molecule has 2 aromatic rings. The normalized spacial score (nSPS) is 11.0. The van der Waals surface area contributed by atoms with E-state index in [9.17, 15) is 4.79 Å². The van der Waals surface area contributed by atoms with Crippen molar-refractivity contribution in [2.75, 3.05) is 11.9 Å². The Bertz CT molecular complexity index is 715. The second-order valence-electron chi connectivity index (χ2n) is 4.56. The van der Waals surface area contributed by atoms with Crippen LogP contribution in [-0.4, -0.2) is 18.7 Å². The highest BCUT2D eigenvalue weighted by Gasteiger charge is 2.03. The molecule has 4 nitrogen and oxygen atoms in total. The highest BCUT2D eigenvalue weighted by atomic mass is 79.9. The van der Waals surface area contributed by atoms with Crippen LogP contribution in [0.15, 0.2) is 68.7 Å². The lowest BCUT2D eigenvalue weighted by Crippen LogP contribution is -2.25. The Morgan fingerprint density at radius 2 is 1.91 bits per heavy atom. The first kappa shape index (κ1) is 17.4. The third-order valence-corrected chi connectivity index (χ3v) is 3.96. The Hall–Kier alpha value is -1.92. The smallest absolute Gasteiger partial charge is 0.259 e. The molecule has 0 spiro atoms. The van der Waals surface area contributed by atoms with Crippen molar-refractivity contribution in [1.29, 1.82) is 0 Å². The molecule has 0 aliphatic carbocycles. The molecule has 0 radical (unpaired) electrons. The van der Waals surface area contributed by atoms with E-state index in [0.29, 0.717) is 0 Å². The molecule has 2 rings (SSSR count). The number of hydrogen-bond donors (Lipinski definition) is 2. The number of anilines is 1. The maximum Gasteiger partial charge on any atom is 0.259 e. The first-order valence-corrected chi connectivity index (χ1v) is 8.46. The number of rotatable bonds is 6. The number of nitrogens with zero attached hydrogens (tertiary/aromatic N) is 1. The lowest BCUT2D eigenvalue weighted by Gasteiger charge is -2.07. The van der Waals surface area contributed by atoms with Crippen molar-refractivity contribution in [2.24, 2.45) is 5.10 Å². The Labute approximate surface area is 151 Å². The molecule has 0 saturated heterocycles. The predicted molar refractivity (Wildman–Crippen MR) is 102 cm³/mol. The number of carbonyl (C=O) groups excluding carboxylic acids is 1. The summed E-state index contributed by atoms with van der Waals surface area (Å²) in [5.74, 6) is -0.218. The molecule has 0 heterocycles. The molecule has 0 aromatic heterocycles. The zero-order valence-corrected chi connectivity index (χ0v) is 15.3. The van der Waals surface area contributed by atoms with Crippen molar-refractivity contribution in [2.45, 2.75) is 0 Å². The van der Waals surface area contributed by atoms with E-state index in [1.165, 1.54) is 0 Å². The third kappa shape index (κ3) is 6.38. The number of amides is 1. The maximum atomic E-state index is 11.7. The summed E-state index contributed by atoms with van der Waals surface area (Å²) < 4.78 is 1.85. The van der Waals surface area contributed by atoms with Gasteiger partial charge in [-0.3, -0.25) is 4.79 Å². The molecule has 0 bridgehead atoms. The molecule has 0 unspecified atom stereocenters. The topological polar surface area (TPSA) is 53.5 Å². The Morgan fingerprint density at radius 3 is 2.65 bits per heavy atom. The fraction of sp³-hybridized carbons (Fsp3) is 0.0588. The molecule has 23 heavy (non-hydrogen) atoms. The lowest BCUT2D eigenvalue weighted by molar-refractivity contribution is -0.119. The summed E-state index contributed by atoms with van der Waals surface area (Å²) in [6.07, 6.45) is 5.22. The molecule has 2 N–H and O–H groups in total. The molecule has 6 heteroatoms. The van der Waals surface area contributed by atoms with Crippen molar-refractivity contribution in [3.63, 3.8) is 0 Å². The summed E-state index contributed by atoms with van der Waals surface area (Å²) in [4.78, 5) is 11.7. The van der Waals surface area contributed by atoms with Crippen molar-refractivity contribution in [3.05, 3.63) is 69.1 Å². The van der Waals surface area contributed by atoms with Gasteiger partial charge in [0.15, 0.2) is 0 Å². The molecule has 2 aromatic carbocycles. The Kier molecular flexibility index (Phi) is 7.03. The number of carbonyl (C=O) groups is 1. The van der Waals surface area contributed by atoms with Gasteiger partial charge in [0.1, 0.15) is 0 Å². The van der Waals surface area contributed by atoms with Crippen LogP contribution in [0.2, 0.25) is 0 Å². The van der Waals surface area contributed by atoms with E-state index in [4.69, 9.17) is 0 Å². The van der Waals surface area contributed by atoms with Crippen molar-refractivity contribution in [1.82, 2.24) is 5.43 Å². The highest BCUT2D eigenvalue weighted by Crippen LogP contribution is 2.25. The van der Waals surface area contributed by atoms with Gasteiger partial charge in [-0.25, -0.2) is 5.43 Å². The minimum atomic E-state index is -0.218. The minimum absolute atomic E-state index is 0.139. The van der Waals surface area contributed by atoms with Crippen molar-refractivity contribution in [3.8, 4) is 0 Å². The van der Waals surface area contributed by atoms with Crippen molar-refractivity contribution >= 4 is 55.7 Å². The summed E-state index contributed by atoms with van der Waals surface area (Å²) in [6.45, 7) is 0.139. The van der Waals surface area contributed by atoms with E-state index in [0.717, 1.165) is 20.2 Å². The molecule has 0 atom stereocenters. The van der Waals surface area contributed by atoms with E-state index in [-0.39, 0.29) is 12.5 Å². The zero-order valence-electron chi connectivity index (χ0n) is 12.2. The number of hydrazone groups is 1. The molecular formula is C17H15Br2N3O.